The molecule has 5 rings (SSSR count). The molecule has 1 unspecified atom stereocenters. The van der Waals surface area contributed by atoms with Gasteiger partial charge >= 0.3 is 6.03 Å². The normalized spacial score (nSPS) is 31.6. The highest BCUT2D eigenvalue weighted by Gasteiger charge is 2.57. The fraction of sp³-hybridized carbons (Fsp3) is 0.957. The first kappa shape index (κ1) is 20.1. The van der Waals surface area contributed by atoms with Crippen LogP contribution in [0.5, 0.6) is 0 Å². The second-order valence-electron chi connectivity index (χ2n) is 10.1. The first-order valence-electron chi connectivity index (χ1n) is 12.3. The average molecular weight is 406 g/mol. The standard InChI is InChI=1S/C23H39N3O3/c27-22(24-19-4-2-1-3-5-19)25-12-8-20(9-13-25)26-16-21(29-17-18-6-7-18)23(26)10-14-28-15-11-23/h18-21H,1-17H2,(H,24,27). The number of carbonyl (C=O) groups excluding carboxylic acids is 1. The van der Waals surface area contributed by atoms with Crippen LogP contribution in [-0.4, -0.2) is 79.0 Å². The lowest BCUT2D eigenvalue weighted by molar-refractivity contribution is -0.217. The van der Waals surface area contributed by atoms with Crippen molar-refractivity contribution in [2.45, 2.75) is 94.4 Å². The minimum atomic E-state index is 0.172. The highest BCUT2D eigenvalue weighted by atomic mass is 16.5. The molecule has 1 spiro atoms. The Bertz CT molecular complexity index is 562. The molecule has 164 valence electrons. The van der Waals surface area contributed by atoms with Gasteiger partial charge in [-0.05, 0) is 57.3 Å². The lowest BCUT2D eigenvalue weighted by atomic mass is 9.73. The van der Waals surface area contributed by atoms with Gasteiger partial charge in [-0.1, -0.05) is 19.3 Å². The second-order valence-corrected chi connectivity index (χ2v) is 10.1. The van der Waals surface area contributed by atoms with E-state index in [1.807, 2.05) is 0 Å². The maximum Gasteiger partial charge on any atom is 0.317 e. The topological polar surface area (TPSA) is 54.0 Å². The van der Waals surface area contributed by atoms with Crippen molar-refractivity contribution in [3.8, 4) is 0 Å². The van der Waals surface area contributed by atoms with Crippen molar-refractivity contribution in [2.75, 3.05) is 39.5 Å². The van der Waals surface area contributed by atoms with E-state index in [0.717, 1.165) is 83.9 Å². The molecular weight excluding hydrogens is 366 g/mol. The zero-order valence-electron chi connectivity index (χ0n) is 17.9. The van der Waals surface area contributed by atoms with Gasteiger partial charge in [-0.2, -0.15) is 0 Å². The summed E-state index contributed by atoms with van der Waals surface area (Å²) in [5.74, 6) is 0.826. The molecule has 0 radical (unpaired) electrons. The van der Waals surface area contributed by atoms with E-state index >= 15 is 0 Å². The zero-order chi connectivity index (χ0) is 19.7. The van der Waals surface area contributed by atoms with E-state index in [2.05, 4.69) is 15.1 Å². The Morgan fingerprint density at radius 1 is 1.00 bits per heavy atom. The number of nitrogens with one attached hydrogen (secondary N) is 1. The summed E-state index contributed by atoms with van der Waals surface area (Å²) in [4.78, 5) is 17.5. The van der Waals surface area contributed by atoms with Crippen molar-refractivity contribution in [3.63, 3.8) is 0 Å². The minimum absolute atomic E-state index is 0.172. The highest BCUT2D eigenvalue weighted by molar-refractivity contribution is 5.74. The van der Waals surface area contributed by atoms with Crippen LogP contribution in [0.15, 0.2) is 0 Å². The molecule has 6 nitrogen and oxygen atoms in total. The maximum atomic E-state index is 12.7. The van der Waals surface area contributed by atoms with Crippen LogP contribution < -0.4 is 5.32 Å². The number of piperidine rings is 1. The van der Waals surface area contributed by atoms with Gasteiger partial charge in [0, 0.05) is 51.5 Å². The summed E-state index contributed by atoms with van der Waals surface area (Å²) in [5, 5.41) is 3.29. The first-order valence-corrected chi connectivity index (χ1v) is 12.3. The largest absolute Gasteiger partial charge is 0.381 e. The minimum Gasteiger partial charge on any atom is -0.381 e. The van der Waals surface area contributed by atoms with Crippen molar-refractivity contribution in [1.82, 2.24) is 15.1 Å². The molecule has 3 aliphatic heterocycles. The number of nitrogens with zero attached hydrogens (tertiary/aromatic N) is 2. The number of hydrogen-bond acceptors (Lipinski definition) is 4. The predicted molar refractivity (Wildman–Crippen MR) is 112 cm³/mol. The summed E-state index contributed by atoms with van der Waals surface area (Å²) in [6.07, 6.45) is 13.6. The van der Waals surface area contributed by atoms with Crippen molar-refractivity contribution < 1.29 is 14.3 Å². The third-order valence-electron chi connectivity index (χ3n) is 8.25. The summed E-state index contributed by atoms with van der Waals surface area (Å²) in [7, 11) is 0. The van der Waals surface area contributed by atoms with Gasteiger partial charge < -0.3 is 19.7 Å². The molecule has 5 aliphatic rings. The quantitative estimate of drug-likeness (QED) is 0.763. The molecule has 1 atom stereocenters. The molecule has 0 aromatic carbocycles. The van der Waals surface area contributed by atoms with Gasteiger partial charge in [-0.3, -0.25) is 4.90 Å². The smallest absolute Gasteiger partial charge is 0.317 e. The Morgan fingerprint density at radius 2 is 1.72 bits per heavy atom. The van der Waals surface area contributed by atoms with Crippen LogP contribution in [-0.2, 0) is 9.47 Å². The SMILES string of the molecule is O=C(NC1CCCCC1)N1CCC(N2CC(OCC3CC3)C23CCOCC3)CC1. The molecule has 0 bridgehead atoms. The summed E-state index contributed by atoms with van der Waals surface area (Å²) in [5.41, 5.74) is 0.199. The summed E-state index contributed by atoms with van der Waals surface area (Å²) in [6, 6.07) is 1.16. The molecule has 5 fully saturated rings. The molecule has 2 saturated carbocycles. The molecular formula is C23H39N3O3. The third-order valence-corrected chi connectivity index (χ3v) is 8.25. The Kier molecular flexibility index (Phi) is 6.03. The molecule has 0 aromatic heterocycles. The van der Waals surface area contributed by atoms with Crippen LogP contribution in [0.3, 0.4) is 0 Å². The number of urea groups is 1. The van der Waals surface area contributed by atoms with Crippen molar-refractivity contribution in [3.05, 3.63) is 0 Å². The van der Waals surface area contributed by atoms with Gasteiger partial charge in [0.2, 0.25) is 0 Å². The van der Waals surface area contributed by atoms with Gasteiger partial charge in [-0.15, -0.1) is 0 Å². The lowest BCUT2D eigenvalue weighted by Gasteiger charge is -2.63. The molecule has 29 heavy (non-hydrogen) atoms. The molecule has 1 N–H and O–H groups in total. The van der Waals surface area contributed by atoms with Crippen LogP contribution in [0, 0.1) is 5.92 Å². The van der Waals surface area contributed by atoms with E-state index in [1.165, 1.54) is 32.1 Å². The Hall–Kier alpha value is -0.850. The molecule has 2 amide bonds. The van der Waals surface area contributed by atoms with Gasteiger partial charge in [-0.25, -0.2) is 4.79 Å². The van der Waals surface area contributed by atoms with Crippen molar-refractivity contribution in [2.24, 2.45) is 5.92 Å². The summed E-state index contributed by atoms with van der Waals surface area (Å²) >= 11 is 0. The Balaban J connectivity index is 1.13. The van der Waals surface area contributed by atoms with Crippen LogP contribution in [0.4, 0.5) is 4.79 Å². The van der Waals surface area contributed by atoms with Crippen LogP contribution in [0.25, 0.3) is 0 Å². The van der Waals surface area contributed by atoms with Gasteiger partial charge in [0.25, 0.3) is 0 Å². The Morgan fingerprint density at radius 3 is 2.41 bits per heavy atom. The number of ether oxygens (including phenoxy) is 2. The van der Waals surface area contributed by atoms with E-state index in [0.29, 0.717) is 18.2 Å². The van der Waals surface area contributed by atoms with Gasteiger partial charge in [0.15, 0.2) is 0 Å². The van der Waals surface area contributed by atoms with E-state index in [9.17, 15) is 4.79 Å². The predicted octanol–water partition coefficient (Wildman–Crippen LogP) is 3.15. The van der Waals surface area contributed by atoms with Gasteiger partial charge in [0.1, 0.15) is 0 Å². The third kappa shape index (κ3) is 4.31. The van der Waals surface area contributed by atoms with Crippen molar-refractivity contribution in [1.29, 1.82) is 0 Å². The molecule has 3 heterocycles. The number of rotatable bonds is 5. The molecule has 3 saturated heterocycles. The van der Waals surface area contributed by atoms with E-state index < -0.39 is 0 Å². The Labute approximate surface area is 175 Å². The molecule has 2 aliphatic carbocycles. The van der Waals surface area contributed by atoms with Crippen molar-refractivity contribution >= 4 is 6.03 Å². The van der Waals surface area contributed by atoms with E-state index in [4.69, 9.17) is 9.47 Å². The molecule has 6 heteroatoms. The van der Waals surface area contributed by atoms with Crippen LogP contribution >= 0.6 is 0 Å². The fourth-order valence-corrected chi connectivity index (χ4v) is 6.09. The first-order chi connectivity index (χ1) is 14.2. The fourth-order valence-electron chi connectivity index (χ4n) is 6.09. The van der Waals surface area contributed by atoms with Crippen LogP contribution in [0.1, 0.15) is 70.6 Å². The highest BCUT2D eigenvalue weighted by Crippen LogP contribution is 2.45. The van der Waals surface area contributed by atoms with E-state index in [1.54, 1.807) is 0 Å². The lowest BCUT2D eigenvalue weighted by Crippen LogP contribution is -2.76. The zero-order valence-corrected chi connectivity index (χ0v) is 17.9. The monoisotopic (exact) mass is 405 g/mol. The van der Waals surface area contributed by atoms with E-state index in [-0.39, 0.29) is 11.6 Å². The number of hydrogen-bond donors (Lipinski definition) is 1. The van der Waals surface area contributed by atoms with Crippen LogP contribution in [0.2, 0.25) is 0 Å². The number of carbonyl (C=O) groups is 1. The second kappa shape index (κ2) is 8.72. The molecule has 0 aromatic rings. The maximum absolute atomic E-state index is 12.7. The average Bonchev–Trinajstić information content (AvgIpc) is 3.59. The summed E-state index contributed by atoms with van der Waals surface area (Å²) in [6.45, 7) is 5.54. The summed E-state index contributed by atoms with van der Waals surface area (Å²) < 4.78 is 12.1. The number of amides is 2. The number of likely N-dealkylation sites (tertiary alicyclic amines) is 2. The van der Waals surface area contributed by atoms with Gasteiger partial charge in [0.05, 0.1) is 11.6 Å².